The Bertz CT molecular complexity index is 979. The van der Waals surface area contributed by atoms with Gasteiger partial charge in [-0.3, -0.25) is 4.79 Å². The van der Waals surface area contributed by atoms with E-state index in [-0.39, 0.29) is 40.3 Å². The van der Waals surface area contributed by atoms with Gasteiger partial charge in [-0.05, 0) is 128 Å². The van der Waals surface area contributed by atoms with Crippen LogP contribution in [0.25, 0.3) is 0 Å². The van der Waals surface area contributed by atoms with Gasteiger partial charge >= 0.3 is 5.97 Å². The van der Waals surface area contributed by atoms with Crippen molar-refractivity contribution >= 4 is 5.97 Å². The van der Waals surface area contributed by atoms with Crippen LogP contribution < -0.4 is 0 Å². The third kappa shape index (κ3) is 4.18. The summed E-state index contributed by atoms with van der Waals surface area (Å²) < 4.78 is 5.92. The minimum Gasteiger partial charge on any atom is -0.462 e. The molecule has 0 saturated heterocycles. The maximum absolute atomic E-state index is 11.9. The monoisotopic (exact) mass is 545 g/mol. The minimum atomic E-state index is -0.601. The number of hydrogen-bond donors (Lipinski definition) is 0. The van der Waals surface area contributed by atoms with Gasteiger partial charge in [-0.1, -0.05) is 48.5 Å². The Kier molecular flexibility index (Phi) is 7.19. The van der Waals surface area contributed by atoms with Crippen LogP contribution in [0.15, 0.2) is 0 Å². The van der Waals surface area contributed by atoms with Crippen molar-refractivity contribution in [2.75, 3.05) is 6.61 Å². The molecule has 6 heteroatoms. The number of hydrogen-bond acceptors (Lipinski definition) is 5. The first kappa shape index (κ1) is 29.2. The average molecular weight is 546 g/mol. The topological polar surface area (TPSA) is 78.7 Å². The van der Waals surface area contributed by atoms with Gasteiger partial charge in [-0.15, -0.1) is 10.1 Å². The van der Waals surface area contributed by atoms with Crippen molar-refractivity contribution in [2.45, 2.75) is 132 Å². The summed E-state index contributed by atoms with van der Waals surface area (Å²) in [4.78, 5) is 27.9. The van der Waals surface area contributed by atoms with Gasteiger partial charge in [0.25, 0.3) is 5.09 Å². The van der Waals surface area contributed by atoms with Crippen molar-refractivity contribution in [1.29, 1.82) is 0 Å². The summed E-state index contributed by atoms with van der Waals surface area (Å²) in [5, 5.41) is 10.4. The van der Waals surface area contributed by atoms with Crippen LogP contribution in [-0.4, -0.2) is 23.8 Å². The van der Waals surface area contributed by atoms with Crippen molar-refractivity contribution < 1.29 is 19.5 Å². The van der Waals surface area contributed by atoms with Gasteiger partial charge in [0.2, 0.25) is 0 Å². The van der Waals surface area contributed by atoms with Crippen molar-refractivity contribution in [3.8, 4) is 0 Å². The van der Waals surface area contributed by atoms with Crippen LogP contribution in [0.4, 0.5) is 0 Å². The van der Waals surface area contributed by atoms with Gasteiger partial charge in [-0.2, -0.15) is 0 Å². The number of fused-ring (bicyclic) bond motifs is 7. The van der Waals surface area contributed by atoms with E-state index >= 15 is 0 Å². The molecule has 6 nitrogen and oxygen atoms in total. The molecule has 0 heterocycles. The zero-order valence-electron chi connectivity index (χ0n) is 26.0. The second-order valence-electron chi connectivity index (χ2n) is 16.3. The third-order valence-corrected chi connectivity index (χ3v) is 14.6. The molecular formula is C33H55NO5. The molecule has 0 amide bonds. The maximum atomic E-state index is 11.9. The molecule has 5 fully saturated rings. The minimum absolute atomic E-state index is 0.00925. The van der Waals surface area contributed by atoms with E-state index < -0.39 is 5.09 Å². The lowest BCUT2D eigenvalue weighted by molar-refractivity contribution is -0.758. The normalized spacial score (nSPS) is 48.3. The number of nitrogens with zero attached hydrogens (tertiary/aromatic N) is 1. The van der Waals surface area contributed by atoms with Crippen molar-refractivity contribution in [3.05, 3.63) is 10.1 Å². The van der Waals surface area contributed by atoms with Crippen LogP contribution in [0.5, 0.6) is 0 Å². The summed E-state index contributed by atoms with van der Waals surface area (Å²) >= 11 is 0. The molecule has 0 aromatic heterocycles. The predicted molar refractivity (Wildman–Crippen MR) is 152 cm³/mol. The van der Waals surface area contributed by atoms with Crippen LogP contribution in [0.3, 0.4) is 0 Å². The maximum Gasteiger partial charge on any atom is 0.302 e. The molecule has 5 saturated carbocycles. The Morgan fingerprint density at radius 2 is 1.62 bits per heavy atom. The van der Waals surface area contributed by atoms with Crippen LogP contribution in [0, 0.1) is 72.7 Å². The van der Waals surface area contributed by atoms with E-state index in [9.17, 15) is 14.9 Å². The van der Waals surface area contributed by atoms with Gasteiger partial charge in [0.05, 0.1) is 6.61 Å². The highest BCUT2D eigenvalue weighted by Crippen LogP contribution is 2.78. The standard InChI is InChI=1S/C33H55NO5/c1-21(2)23-11-16-33(19-20-38-34(36)37)18-17-31(7)24(28(23)33)9-10-26-30(6)14-13-27(39-22(3)35)29(4,5)25(30)12-15-32(26,31)8/h21,23-28H,9-20H2,1-8H3/t23-,24+,25-,26+,27-,28-,30-,31+,32+,33+/m0/s1. The van der Waals surface area contributed by atoms with Crippen molar-refractivity contribution in [2.24, 2.45) is 62.6 Å². The van der Waals surface area contributed by atoms with E-state index in [0.29, 0.717) is 40.9 Å². The fourth-order valence-corrected chi connectivity index (χ4v) is 12.7. The second kappa shape index (κ2) is 9.61. The van der Waals surface area contributed by atoms with Crippen molar-refractivity contribution in [1.82, 2.24) is 0 Å². The zero-order chi connectivity index (χ0) is 28.6. The molecule has 0 unspecified atom stereocenters. The molecule has 0 aromatic rings. The van der Waals surface area contributed by atoms with Crippen molar-refractivity contribution in [3.63, 3.8) is 0 Å². The first-order chi connectivity index (χ1) is 18.1. The molecule has 5 rings (SSSR count). The number of carbonyl (C=O) groups excluding carboxylic acids is 1. The van der Waals surface area contributed by atoms with E-state index in [1.807, 2.05) is 0 Å². The van der Waals surface area contributed by atoms with Crippen LogP contribution >= 0.6 is 0 Å². The fraction of sp³-hybridized carbons (Fsp3) is 0.970. The lowest BCUT2D eigenvalue weighted by Gasteiger charge is -2.73. The highest BCUT2D eigenvalue weighted by Gasteiger charge is 2.71. The average Bonchev–Trinajstić information content (AvgIpc) is 3.21. The molecule has 10 atom stereocenters. The van der Waals surface area contributed by atoms with Gasteiger partial charge in [0.1, 0.15) is 6.10 Å². The lowest BCUT2D eigenvalue weighted by atomic mass is 9.32. The molecule has 5 aliphatic rings. The highest BCUT2D eigenvalue weighted by atomic mass is 16.9. The van der Waals surface area contributed by atoms with E-state index in [4.69, 9.17) is 9.57 Å². The summed E-state index contributed by atoms with van der Waals surface area (Å²) in [7, 11) is 0. The number of rotatable bonds is 6. The summed E-state index contributed by atoms with van der Waals surface area (Å²) in [5.74, 6) is 3.79. The Morgan fingerprint density at radius 1 is 0.897 bits per heavy atom. The second-order valence-corrected chi connectivity index (χ2v) is 16.3. The Hall–Kier alpha value is -1.33. The first-order valence-electron chi connectivity index (χ1n) is 16.1. The largest absolute Gasteiger partial charge is 0.462 e. The van der Waals surface area contributed by atoms with Gasteiger partial charge in [0, 0.05) is 12.3 Å². The summed E-state index contributed by atoms with van der Waals surface area (Å²) in [5.41, 5.74) is 1.03. The first-order valence-corrected chi connectivity index (χ1v) is 16.1. The van der Waals surface area contributed by atoms with E-state index in [1.54, 1.807) is 6.92 Å². The Morgan fingerprint density at radius 3 is 2.26 bits per heavy atom. The third-order valence-electron chi connectivity index (χ3n) is 14.6. The molecular weight excluding hydrogens is 490 g/mol. The molecule has 0 spiro atoms. The number of esters is 1. The summed E-state index contributed by atoms with van der Waals surface area (Å²) in [6, 6.07) is 0. The van der Waals surface area contributed by atoms with E-state index in [1.165, 1.54) is 51.4 Å². The number of ether oxygens (including phenoxy) is 1. The van der Waals surface area contributed by atoms with Gasteiger partial charge < -0.3 is 9.57 Å². The Labute approximate surface area is 236 Å². The molecule has 222 valence electrons. The lowest BCUT2D eigenvalue weighted by Crippen LogP contribution is -2.66. The van der Waals surface area contributed by atoms with E-state index in [0.717, 1.165) is 19.3 Å². The number of carbonyl (C=O) groups is 1. The quantitative estimate of drug-likeness (QED) is 0.191. The molecule has 0 aliphatic heterocycles. The zero-order valence-corrected chi connectivity index (χ0v) is 26.0. The smallest absolute Gasteiger partial charge is 0.302 e. The summed E-state index contributed by atoms with van der Waals surface area (Å²) in [6.07, 6.45) is 12.9. The molecule has 0 aromatic carbocycles. The summed E-state index contributed by atoms with van der Waals surface area (Å²) in [6.45, 7) is 19.3. The van der Waals surface area contributed by atoms with Crippen LogP contribution in [-0.2, 0) is 14.4 Å². The van der Waals surface area contributed by atoms with Crippen LogP contribution in [0.1, 0.15) is 126 Å². The fourth-order valence-electron chi connectivity index (χ4n) is 12.7. The molecule has 5 aliphatic carbocycles. The van der Waals surface area contributed by atoms with Gasteiger partial charge in [0.15, 0.2) is 0 Å². The van der Waals surface area contributed by atoms with E-state index in [2.05, 4.69) is 48.5 Å². The molecule has 0 radical (unpaired) electrons. The SMILES string of the molecule is CC(=O)O[C@H]1CC[C@]2(C)[C@H]3CC[C@@H]4[C@@H]5[C@H](C(C)C)CC[C@]5(CCO[N+](=O)[O-])CC[C@@]4(C)[C@]3(C)CC[C@H]2C1(C)C. The molecule has 39 heavy (non-hydrogen) atoms. The molecule has 0 N–H and O–H groups in total. The van der Waals surface area contributed by atoms with Crippen LogP contribution in [0.2, 0.25) is 0 Å². The van der Waals surface area contributed by atoms with Gasteiger partial charge in [-0.25, -0.2) is 0 Å². The highest BCUT2D eigenvalue weighted by molar-refractivity contribution is 5.66. The predicted octanol–water partition coefficient (Wildman–Crippen LogP) is 8.25. The molecule has 0 bridgehead atoms. The Balaban J connectivity index is 1.47.